The van der Waals surface area contributed by atoms with Gasteiger partial charge in [-0.2, -0.15) is 0 Å². The highest BCUT2D eigenvalue weighted by Gasteiger charge is 2.04. The lowest BCUT2D eigenvalue weighted by Crippen LogP contribution is -2.24. The molecule has 0 heterocycles. The standard InChI is InChI=1S/C13H29N/c1-4-6-8-10-12-13(14-3)11-9-7-5-2/h13-14H,4-12H2,1-3H3/t13-/m1/s1. The van der Waals surface area contributed by atoms with E-state index in [9.17, 15) is 0 Å². The second kappa shape index (κ2) is 11.0. The molecular weight excluding hydrogens is 170 g/mol. The first-order valence-electron chi connectivity index (χ1n) is 6.52. The second-order valence-corrected chi connectivity index (χ2v) is 4.33. The number of unbranched alkanes of at least 4 members (excludes halogenated alkanes) is 5. The summed E-state index contributed by atoms with van der Waals surface area (Å²) in [6.07, 6.45) is 12.5. The van der Waals surface area contributed by atoms with Crippen molar-refractivity contribution in [3.63, 3.8) is 0 Å². The number of rotatable bonds is 10. The van der Waals surface area contributed by atoms with E-state index in [0.717, 1.165) is 6.04 Å². The molecule has 86 valence electrons. The molecule has 0 fully saturated rings. The lowest BCUT2D eigenvalue weighted by Gasteiger charge is -2.15. The number of nitrogens with one attached hydrogen (secondary N) is 1. The molecule has 0 aliphatic rings. The molecule has 0 bridgehead atoms. The highest BCUT2D eigenvalue weighted by Crippen LogP contribution is 2.11. The molecule has 0 radical (unpaired) electrons. The summed E-state index contributed by atoms with van der Waals surface area (Å²) in [6.45, 7) is 4.55. The molecule has 0 aliphatic carbocycles. The van der Waals surface area contributed by atoms with Crippen LogP contribution in [0.2, 0.25) is 0 Å². The molecule has 0 aromatic heterocycles. The van der Waals surface area contributed by atoms with Crippen molar-refractivity contribution in [2.45, 2.75) is 77.7 Å². The largest absolute Gasteiger partial charge is 0.317 e. The van der Waals surface area contributed by atoms with Crippen molar-refractivity contribution >= 4 is 0 Å². The van der Waals surface area contributed by atoms with Gasteiger partial charge in [0.1, 0.15) is 0 Å². The minimum Gasteiger partial charge on any atom is -0.317 e. The molecule has 1 heteroatoms. The summed E-state index contributed by atoms with van der Waals surface area (Å²) in [5, 5.41) is 3.44. The maximum Gasteiger partial charge on any atom is 0.00640 e. The van der Waals surface area contributed by atoms with Crippen LogP contribution in [-0.4, -0.2) is 13.1 Å². The van der Waals surface area contributed by atoms with Gasteiger partial charge in [0.25, 0.3) is 0 Å². The maximum atomic E-state index is 3.44. The predicted octanol–water partition coefficient (Wildman–Crippen LogP) is 4.13. The number of hydrogen-bond acceptors (Lipinski definition) is 1. The van der Waals surface area contributed by atoms with Gasteiger partial charge in [-0.15, -0.1) is 0 Å². The van der Waals surface area contributed by atoms with Gasteiger partial charge in [0, 0.05) is 6.04 Å². The van der Waals surface area contributed by atoms with Gasteiger partial charge in [-0.3, -0.25) is 0 Å². The van der Waals surface area contributed by atoms with Crippen LogP contribution in [0.5, 0.6) is 0 Å². The molecule has 0 aromatic rings. The van der Waals surface area contributed by atoms with Gasteiger partial charge >= 0.3 is 0 Å². The van der Waals surface area contributed by atoms with Crippen LogP contribution < -0.4 is 5.32 Å². The van der Waals surface area contributed by atoms with Gasteiger partial charge in [0.05, 0.1) is 0 Å². The van der Waals surface area contributed by atoms with Gasteiger partial charge in [-0.05, 0) is 19.9 Å². The topological polar surface area (TPSA) is 12.0 Å². The van der Waals surface area contributed by atoms with Crippen molar-refractivity contribution in [2.24, 2.45) is 0 Å². The third-order valence-corrected chi connectivity index (χ3v) is 2.97. The molecule has 0 amide bonds. The van der Waals surface area contributed by atoms with Crippen LogP contribution in [-0.2, 0) is 0 Å². The third-order valence-electron chi connectivity index (χ3n) is 2.97. The minimum atomic E-state index is 0.776. The van der Waals surface area contributed by atoms with Crippen molar-refractivity contribution in [1.82, 2.24) is 5.32 Å². The van der Waals surface area contributed by atoms with E-state index < -0.39 is 0 Å². The summed E-state index contributed by atoms with van der Waals surface area (Å²) in [5.41, 5.74) is 0. The summed E-state index contributed by atoms with van der Waals surface area (Å²) in [7, 11) is 2.11. The summed E-state index contributed by atoms with van der Waals surface area (Å²) in [6, 6.07) is 0.776. The average molecular weight is 199 g/mol. The van der Waals surface area contributed by atoms with Crippen LogP contribution in [0.4, 0.5) is 0 Å². The molecule has 1 atom stereocenters. The Morgan fingerprint density at radius 2 is 1.29 bits per heavy atom. The molecule has 0 rings (SSSR count). The molecular formula is C13H29N. The van der Waals surface area contributed by atoms with Crippen LogP contribution >= 0.6 is 0 Å². The SMILES string of the molecule is CCCCCC[C@@H](CCCCC)NC. The van der Waals surface area contributed by atoms with Crippen molar-refractivity contribution in [1.29, 1.82) is 0 Å². The Labute approximate surface area is 90.7 Å². The fourth-order valence-electron chi connectivity index (χ4n) is 1.89. The third kappa shape index (κ3) is 8.55. The fraction of sp³-hybridized carbons (Fsp3) is 1.00. The van der Waals surface area contributed by atoms with Crippen LogP contribution in [0.25, 0.3) is 0 Å². The van der Waals surface area contributed by atoms with Gasteiger partial charge in [-0.25, -0.2) is 0 Å². The van der Waals surface area contributed by atoms with Crippen LogP contribution in [0.3, 0.4) is 0 Å². The van der Waals surface area contributed by atoms with E-state index in [1.807, 2.05) is 0 Å². The molecule has 0 aliphatic heterocycles. The smallest absolute Gasteiger partial charge is 0.00640 e. The Morgan fingerprint density at radius 1 is 0.786 bits per heavy atom. The zero-order valence-corrected chi connectivity index (χ0v) is 10.4. The van der Waals surface area contributed by atoms with E-state index in [4.69, 9.17) is 0 Å². The van der Waals surface area contributed by atoms with E-state index in [2.05, 4.69) is 26.2 Å². The fourth-order valence-corrected chi connectivity index (χ4v) is 1.89. The summed E-state index contributed by atoms with van der Waals surface area (Å²) in [5.74, 6) is 0. The van der Waals surface area contributed by atoms with Crippen molar-refractivity contribution < 1.29 is 0 Å². The molecule has 0 spiro atoms. The Morgan fingerprint density at radius 3 is 1.79 bits per heavy atom. The van der Waals surface area contributed by atoms with Crippen LogP contribution in [0, 0.1) is 0 Å². The zero-order valence-electron chi connectivity index (χ0n) is 10.4. The molecule has 0 aromatic carbocycles. The molecule has 0 unspecified atom stereocenters. The molecule has 0 saturated carbocycles. The highest BCUT2D eigenvalue weighted by atomic mass is 14.9. The molecule has 1 nitrogen and oxygen atoms in total. The first-order valence-corrected chi connectivity index (χ1v) is 6.52. The Kier molecular flexibility index (Phi) is 11.0. The summed E-state index contributed by atoms with van der Waals surface area (Å²) < 4.78 is 0. The molecule has 0 saturated heterocycles. The van der Waals surface area contributed by atoms with Crippen LogP contribution in [0.15, 0.2) is 0 Å². The number of hydrogen-bond donors (Lipinski definition) is 1. The molecule has 14 heavy (non-hydrogen) atoms. The minimum absolute atomic E-state index is 0.776. The zero-order chi connectivity index (χ0) is 10.6. The summed E-state index contributed by atoms with van der Waals surface area (Å²) >= 11 is 0. The summed E-state index contributed by atoms with van der Waals surface area (Å²) in [4.78, 5) is 0. The average Bonchev–Trinajstić information content (AvgIpc) is 2.22. The van der Waals surface area contributed by atoms with Crippen molar-refractivity contribution in [2.75, 3.05) is 7.05 Å². The monoisotopic (exact) mass is 199 g/mol. The van der Waals surface area contributed by atoms with Crippen LogP contribution in [0.1, 0.15) is 71.6 Å². The van der Waals surface area contributed by atoms with Gasteiger partial charge in [0.2, 0.25) is 0 Å². The van der Waals surface area contributed by atoms with Gasteiger partial charge < -0.3 is 5.32 Å². The lowest BCUT2D eigenvalue weighted by atomic mass is 10.0. The Bertz CT molecular complexity index is 101. The normalized spacial score (nSPS) is 13.1. The highest BCUT2D eigenvalue weighted by molar-refractivity contribution is 4.64. The van der Waals surface area contributed by atoms with E-state index in [1.54, 1.807) is 0 Å². The molecule has 1 N–H and O–H groups in total. The first-order chi connectivity index (χ1) is 6.85. The van der Waals surface area contributed by atoms with Crippen molar-refractivity contribution in [3.05, 3.63) is 0 Å². The predicted molar refractivity (Wildman–Crippen MR) is 65.7 cm³/mol. The Balaban J connectivity index is 3.28. The Hall–Kier alpha value is -0.0400. The van der Waals surface area contributed by atoms with Gasteiger partial charge in [-0.1, -0.05) is 58.8 Å². The van der Waals surface area contributed by atoms with E-state index in [1.165, 1.54) is 57.8 Å². The van der Waals surface area contributed by atoms with Gasteiger partial charge in [0.15, 0.2) is 0 Å². The van der Waals surface area contributed by atoms with E-state index in [0.29, 0.717) is 0 Å². The first kappa shape index (κ1) is 14.0. The maximum absolute atomic E-state index is 3.44. The quantitative estimate of drug-likeness (QED) is 0.522. The van der Waals surface area contributed by atoms with E-state index in [-0.39, 0.29) is 0 Å². The lowest BCUT2D eigenvalue weighted by molar-refractivity contribution is 0.443. The van der Waals surface area contributed by atoms with Crippen molar-refractivity contribution in [3.8, 4) is 0 Å². The second-order valence-electron chi connectivity index (χ2n) is 4.33. The van der Waals surface area contributed by atoms with E-state index >= 15 is 0 Å².